The zero-order chi connectivity index (χ0) is 20.1. The first kappa shape index (κ1) is 20.5. The number of rotatable bonds is 6. The summed E-state index contributed by atoms with van der Waals surface area (Å²) in [6, 6.07) is 7.04. The number of halogens is 3. The largest absolute Gasteiger partial charge is 0.329 e. The summed E-state index contributed by atoms with van der Waals surface area (Å²) in [6.07, 6.45) is 0.614. The first-order chi connectivity index (χ1) is 12.7. The van der Waals surface area contributed by atoms with Crippen LogP contribution in [0.2, 0.25) is 0 Å². The molecule has 0 heterocycles. The fourth-order valence-electron chi connectivity index (χ4n) is 2.79. The van der Waals surface area contributed by atoms with E-state index in [0.29, 0.717) is 18.5 Å². The van der Waals surface area contributed by atoms with Crippen molar-refractivity contribution in [3.63, 3.8) is 0 Å². The van der Waals surface area contributed by atoms with Gasteiger partial charge >= 0.3 is 0 Å². The Labute approximate surface area is 156 Å². The minimum Gasteiger partial charge on any atom is -0.329 e. The Hall–Kier alpha value is -2.83. The highest BCUT2D eigenvalue weighted by Gasteiger charge is 2.21. The monoisotopic (exact) mass is 378 g/mol. The van der Waals surface area contributed by atoms with Crippen molar-refractivity contribution >= 4 is 17.5 Å². The van der Waals surface area contributed by atoms with Gasteiger partial charge in [-0.05, 0) is 44.5 Å². The van der Waals surface area contributed by atoms with Crippen LogP contribution in [0.1, 0.15) is 34.8 Å². The topological polar surface area (TPSA) is 49.4 Å². The molecule has 0 bridgehead atoms. The molecule has 0 aromatic heterocycles. The summed E-state index contributed by atoms with van der Waals surface area (Å²) < 4.78 is 40.0. The number of aryl methyl sites for hydroxylation is 2. The molecule has 0 spiro atoms. The van der Waals surface area contributed by atoms with E-state index in [2.05, 4.69) is 5.32 Å². The van der Waals surface area contributed by atoms with E-state index in [4.69, 9.17) is 0 Å². The van der Waals surface area contributed by atoms with Gasteiger partial charge in [0.1, 0.15) is 6.54 Å². The van der Waals surface area contributed by atoms with Gasteiger partial charge in [0.2, 0.25) is 5.91 Å². The second kappa shape index (κ2) is 8.70. The van der Waals surface area contributed by atoms with Crippen molar-refractivity contribution in [3.05, 3.63) is 64.5 Å². The first-order valence-electron chi connectivity index (χ1n) is 8.53. The summed E-state index contributed by atoms with van der Waals surface area (Å²) in [5.41, 5.74) is 1.81. The van der Waals surface area contributed by atoms with E-state index in [0.717, 1.165) is 23.3 Å². The fourth-order valence-corrected chi connectivity index (χ4v) is 2.79. The van der Waals surface area contributed by atoms with Crippen molar-refractivity contribution in [1.29, 1.82) is 0 Å². The van der Waals surface area contributed by atoms with E-state index in [1.807, 2.05) is 26.8 Å². The van der Waals surface area contributed by atoms with Crippen molar-refractivity contribution < 1.29 is 22.8 Å². The molecule has 0 aliphatic heterocycles. The highest BCUT2D eigenvalue weighted by atomic mass is 19.2. The Kier molecular flexibility index (Phi) is 6.60. The van der Waals surface area contributed by atoms with Crippen molar-refractivity contribution in [3.8, 4) is 0 Å². The minimum atomic E-state index is -1.66. The molecule has 27 heavy (non-hydrogen) atoms. The number of nitrogens with zero attached hydrogens (tertiary/aromatic N) is 1. The first-order valence-corrected chi connectivity index (χ1v) is 8.53. The molecule has 0 fully saturated rings. The van der Waals surface area contributed by atoms with Crippen LogP contribution in [0.15, 0.2) is 30.3 Å². The van der Waals surface area contributed by atoms with Crippen LogP contribution in [-0.4, -0.2) is 29.8 Å². The quantitative estimate of drug-likeness (QED) is 0.766. The van der Waals surface area contributed by atoms with Gasteiger partial charge in [0.25, 0.3) is 5.91 Å². The molecule has 0 saturated carbocycles. The number of amides is 2. The molecule has 0 aliphatic carbocycles. The number of anilines is 1. The van der Waals surface area contributed by atoms with Gasteiger partial charge in [-0.15, -0.1) is 0 Å². The highest BCUT2D eigenvalue weighted by molar-refractivity contribution is 5.99. The van der Waals surface area contributed by atoms with Gasteiger partial charge in [-0.3, -0.25) is 9.59 Å². The number of hydrogen-bond acceptors (Lipinski definition) is 2. The molecule has 0 atom stereocenters. The molecule has 0 unspecified atom stereocenters. The van der Waals surface area contributed by atoms with Crippen LogP contribution in [0, 0.1) is 31.3 Å². The minimum absolute atomic E-state index is 0.319. The van der Waals surface area contributed by atoms with Gasteiger partial charge < -0.3 is 10.2 Å². The predicted octanol–water partition coefficient (Wildman–Crippen LogP) is 4.21. The zero-order valence-electron chi connectivity index (χ0n) is 15.4. The molecule has 4 nitrogen and oxygen atoms in total. The van der Waals surface area contributed by atoms with E-state index in [1.54, 1.807) is 12.1 Å². The Morgan fingerprint density at radius 3 is 2.22 bits per heavy atom. The van der Waals surface area contributed by atoms with Crippen LogP contribution in [0.25, 0.3) is 0 Å². The normalized spacial score (nSPS) is 10.6. The molecule has 2 rings (SSSR count). The van der Waals surface area contributed by atoms with E-state index in [1.165, 1.54) is 4.90 Å². The third-order valence-electron chi connectivity index (χ3n) is 3.89. The average Bonchev–Trinajstić information content (AvgIpc) is 2.60. The standard InChI is InChI=1S/C20H21F3N2O2/c1-4-7-25(20(27)14-9-12(2)8-13(3)10-14)11-17(26)24-16-6-5-15(21)18(22)19(16)23/h5-6,8-10H,4,7,11H2,1-3H3,(H,24,26). The maximum atomic E-state index is 13.7. The fraction of sp³-hybridized carbons (Fsp3) is 0.300. The lowest BCUT2D eigenvalue weighted by Gasteiger charge is -2.22. The Bertz CT molecular complexity index is 848. The lowest BCUT2D eigenvalue weighted by Crippen LogP contribution is -2.38. The van der Waals surface area contributed by atoms with Gasteiger partial charge in [0.15, 0.2) is 17.5 Å². The van der Waals surface area contributed by atoms with Gasteiger partial charge in [-0.2, -0.15) is 0 Å². The molecular weight excluding hydrogens is 357 g/mol. The lowest BCUT2D eigenvalue weighted by atomic mass is 10.1. The van der Waals surface area contributed by atoms with Crippen LogP contribution in [0.5, 0.6) is 0 Å². The predicted molar refractivity (Wildman–Crippen MR) is 97.1 cm³/mol. The summed E-state index contributed by atoms with van der Waals surface area (Å²) in [5.74, 6) is -5.52. The number of carbonyl (C=O) groups is 2. The number of carbonyl (C=O) groups excluding carboxylic acids is 2. The van der Waals surface area contributed by atoms with Gasteiger partial charge in [-0.1, -0.05) is 24.1 Å². The van der Waals surface area contributed by atoms with E-state index < -0.39 is 29.0 Å². The van der Waals surface area contributed by atoms with Crippen LogP contribution < -0.4 is 5.32 Å². The molecule has 0 radical (unpaired) electrons. The Morgan fingerprint density at radius 2 is 1.63 bits per heavy atom. The van der Waals surface area contributed by atoms with Gasteiger partial charge in [0, 0.05) is 12.1 Å². The van der Waals surface area contributed by atoms with E-state index >= 15 is 0 Å². The smallest absolute Gasteiger partial charge is 0.254 e. The molecule has 2 aromatic rings. The Balaban J connectivity index is 2.16. The average molecular weight is 378 g/mol. The summed E-state index contributed by atoms with van der Waals surface area (Å²) in [7, 11) is 0. The molecule has 1 N–H and O–H groups in total. The van der Waals surface area contributed by atoms with Gasteiger partial charge in [0.05, 0.1) is 5.69 Å². The third-order valence-corrected chi connectivity index (χ3v) is 3.89. The number of hydrogen-bond donors (Lipinski definition) is 1. The maximum absolute atomic E-state index is 13.7. The second-order valence-electron chi connectivity index (χ2n) is 6.37. The molecule has 2 amide bonds. The summed E-state index contributed by atoms with van der Waals surface area (Å²) in [4.78, 5) is 26.3. The Morgan fingerprint density at radius 1 is 1.00 bits per heavy atom. The van der Waals surface area contributed by atoms with E-state index in [-0.39, 0.29) is 12.5 Å². The van der Waals surface area contributed by atoms with Crippen LogP contribution >= 0.6 is 0 Å². The second-order valence-corrected chi connectivity index (χ2v) is 6.37. The maximum Gasteiger partial charge on any atom is 0.254 e. The third kappa shape index (κ3) is 5.09. The van der Waals surface area contributed by atoms with Crippen LogP contribution in [-0.2, 0) is 4.79 Å². The molecule has 0 saturated heterocycles. The van der Waals surface area contributed by atoms with Crippen molar-refractivity contribution in [2.45, 2.75) is 27.2 Å². The van der Waals surface area contributed by atoms with Gasteiger partial charge in [-0.25, -0.2) is 13.2 Å². The van der Waals surface area contributed by atoms with Crippen molar-refractivity contribution in [2.24, 2.45) is 0 Å². The van der Waals surface area contributed by atoms with E-state index in [9.17, 15) is 22.8 Å². The summed E-state index contributed by atoms with van der Waals surface area (Å²) >= 11 is 0. The number of benzene rings is 2. The van der Waals surface area contributed by atoms with Crippen molar-refractivity contribution in [1.82, 2.24) is 4.90 Å². The van der Waals surface area contributed by atoms with Crippen molar-refractivity contribution in [2.75, 3.05) is 18.4 Å². The zero-order valence-corrected chi connectivity index (χ0v) is 15.4. The lowest BCUT2D eigenvalue weighted by molar-refractivity contribution is -0.116. The molecule has 2 aromatic carbocycles. The molecular formula is C20H21F3N2O2. The van der Waals surface area contributed by atoms with Crippen LogP contribution in [0.4, 0.5) is 18.9 Å². The highest BCUT2D eigenvalue weighted by Crippen LogP contribution is 2.19. The summed E-state index contributed by atoms with van der Waals surface area (Å²) in [5, 5.41) is 2.18. The SMILES string of the molecule is CCCN(CC(=O)Nc1ccc(F)c(F)c1F)C(=O)c1cc(C)cc(C)c1. The number of nitrogens with one attached hydrogen (secondary N) is 1. The van der Waals surface area contributed by atoms with Crippen LogP contribution in [0.3, 0.4) is 0 Å². The molecule has 7 heteroatoms. The summed E-state index contributed by atoms with van der Waals surface area (Å²) in [6.45, 7) is 5.57. The molecule has 0 aliphatic rings. The molecule has 144 valence electrons.